The lowest BCUT2D eigenvalue weighted by atomic mass is 9.88. The first kappa shape index (κ1) is 24.6. The molecule has 0 aromatic heterocycles. The number of phenols is 1. The number of methoxy groups -OCH3 is 1. The van der Waals surface area contributed by atoms with Crippen molar-refractivity contribution in [3.05, 3.63) is 59.2 Å². The summed E-state index contributed by atoms with van der Waals surface area (Å²) in [4.78, 5) is 5.25. The fourth-order valence-electron chi connectivity index (χ4n) is 6.18. The van der Waals surface area contributed by atoms with E-state index in [1.807, 2.05) is 6.07 Å². The third-order valence-corrected chi connectivity index (χ3v) is 8.42. The van der Waals surface area contributed by atoms with Crippen molar-refractivity contribution in [1.29, 1.82) is 0 Å². The molecule has 2 heterocycles. The van der Waals surface area contributed by atoms with Crippen molar-refractivity contribution in [3.63, 3.8) is 0 Å². The molecule has 5 heteroatoms. The van der Waals surface area contributed by atoms with Crippen LogP contribution in [0.3, 0.4) is 0 Å². The van der Waals surface area contributed by atoms with Gasteiger partial charge in [0, 0.05) is 37.3 Å². The van der Waals surface area contributed by atoms with Crippen LogP contribution in [0.2, 0.25) is 0 Å². The molecule has 3 aliphatic rings. The third kappa shape index (κ3) is 6.02. The van der Waals surface area contributed by atoms with Crippen molar-refractivity contribution in [2.45, 2.75) is 76.1 Å². The number of benzene rings is 2. The summed E-state index contributed by atoms with van der Waals surface area (Å²) in [6.07, 6.45) is 9.23. The quantitative estimate of drug-likeness (QED) is 0.604. The van der Waals surface area contributed by atoms with Crippen molar-refractivity contribution in [3.8, 4) is 11.5 Å². The van der Waals surface area contributed by atoms with Crippen LogP contribution in [0.1, 0.15) is 55.2 Å². The first-order chi connectivity index (χ1) is 17.1. The standard InChI is InChI=1S/C30H42N2O3/c1-31(20-22-7-4-3-5-8-22)25-13-15-28(35-18-16-25)27-19-24-12-14-29(34-2)30(33)26(24)9-6-17-32(27)21-23-10-11-23/h3-5,7-8,12,14,23,25,27-28,33H,6,9-11,13,15-21H2,1-2H3. The van der Waals surface area contributed by atoms with Crippen LogP contribution in [0.5, 0.6) is 11.5 Å². The fraction of sp³-hybridized carbons (Fsp3) is 0.600. The van der Waals surface area contributed by atoms with Gasteiger partial charge in [-0.15, -0.1) is 0 Å². The molecule has 1 saturated carbocycles. The first-order valence-electron chi connectivity index (χ1n) is 13.6. The summed E-state index contributed by atoms with van der Waals surface area (Å²) >= 11 is 0. The van der Waals surface area contributed by atoms with Crippen LogP contribution in [0.4, 0.5) is 0 Å². The molecule has 5 nitrogen and oxygen atoms in total. The molecule has 5 rings (SSSR count). The highest BCUT2D eigenvalue weighted by Gasteiger charge is 2.36. The molecule has 2 aliphatic heterocycles. The molecule has 0 spiro atoms. The van der Waals surface area contributed by atoms with Gasteiger partial charge in [0.05, 0.1) is 13.2 Å². The lowest BCUT2D eigenvalue weighted by molar-refractivity contribution is -0.0151. The van der Waals surface area contributed by atoms with E-state index in [9.17, 15) is 5.11 Å². The number of rotatable bonds is 7. The smallest absolute Gasteiger partial charge is 0.161 e. The number of fused-ring (bicyclic) bond motifs is 1. The Morgan fingerprint density at radius 1 is 1.06 bits per heavy atom. The van der Waals surface area contributed by atoms with Gasteiger partial charge in [-0.2, -0.15) is 0 Å². The third-order valence-electron chi connectivity index (χ3n) is 8.42. The van der Waals surface area contributed by atoms with Crippen molar-refractivity contribution in [2.75, 3.05) is 33.9 Å². The average Bonchev–Trinajstić information content (AvgIpc) is 3.69. The molecule has 2 fully saturated rings. The fourth-order valence-corrected chi connectivity index (χ4v) is 6.18. The molecule has 0 radical (unpaired) electrons. The highest BCUT2D eigenvalue weighted by Crippen LogP contribution is 2.38. The topological polar surface area (TPSA) is 45.2 Å². The van der Waals surface area contributed by atoms with E-state index >= 15 is 0 Å². The van der Waals surface area contributed by atoms with E-state index in [1.165, 1.54) is 36.9 Å². The Morgan fingerprint density at radius 3 is 2.66 bits per heavy atom. The van der Waals surface area contributed by atoms with Crippen LogP contribution in [-0.4, -0.2) is 66.9 Å². The van der Waals surface area contributed by atoms with Gasteiger partial charge in [-0.3, -0.25) is 9.80 Å². The lowest BCUT2D eigenvalue weighted by Crippen LogP contribution is -2.48. The van der Waals surface area contributed by atoms with Gasteiger partial charge in [0.2, 0.25) is 0 Å². The van der Waals surface area contributed by atoms with E-state index in [1.54, 1.807) is 7.11 Å². The van der Waals surface area contributed by atoms with Crippen molar-refractivity contribution in [1.82, 2.24) is 9.80 Å². The Hall–Kier alpha value is -2.08. The number of hydrogen-bond donors (Lipinski definition) is 1. The average molecular weight is 479 g/mol. The van der Waals surface area contributed by atoms with Gasteiger partial charge < -0.3 is 14.6 Å². The second-order valence-electron chi connectivity index (χ2n) is 10.9. The Labute approximate surface area is 211 Å². The molecule has 35 heavy (non-hydrogen) atoms. The predicted octanol–water partition coefficient (Wildman–Crippen LogP) is 5.04. The maximum atomic E-state index is 10.9. The largest absolute Gasteiger partial charge is 0.504 e. The van der Waals surface area contributed by atoms with Gasteiger partial charge in [-0.25, -0.2) is 0 Å². The first-order valence-corrected chi connectivity index (χ1v) is 13.6. The van der Waals surface area contributed by atoms with E-state index in [-0.39, 0.29) is 6.10 Å². The van der Waals surface area contributed by atoms with Crippen LogP contribution in [0.15, 0.2) is 42.5 Å². The molecule has 0 amide bonds. The lowest BCUT2D eigenvalue weighted by Gasteiger charge is -2.39. The number of hydrogen-bond acceptors (Lipinski definition) is 5. The maximum absolute atomic E-state index is 10.9. The SMILES string of the molecule is COc1ccc2c(c1O)CCCN(CC1CC1)C(C1CCC(N(C)Cc3ccccc3)CCO1)C2. The summed E-state index contributed by atoms with van der Waals surface area (Å²) in [6.45, 7) is 4.08. The zero-order valence-corrected chi connectivity index (χ0v) is 21.5. The van der Waals surface area contributed by atoms with Crippen LogP contribution in [0, 0.1) is 5.92 Å². The van der Waals surface area contributed by atoms with Gasteiger partial charge in [0.1, 0.15) is 0 Å². The van der Waals surface area contributed by atoms with Gasteiger partial charge in [0.15, 0.2) is 11.5 Å². The molecular weight excluding hydrogens is 436 g/mol. The Bertz CT molecular complexity index is 962. The number of aromatic hydroxyl groups is 1. The van der Waals surface area contributed by atoms with Crippen LogP contribution in [0.25, 0.3) is 0 Å². The van der Waals surface area contributed by atoms with Gasteiger partial charge in [-0.05, 0) is 88.1 Å². The van der Waals surface area contributed by atoms with Crippen LogP contribution >= 0.6 is 0 Å². The van der Waals surface area contributed by atoms with Crippen molar-refractivity contribution in [2.24, 2.45) is 5.92 Å². The summed E-state index contributed by atoms with van der Waals surface area (Å²) in [5.74, 6) is 1.78. The minimum absolute atomic E-state index is 0.235. The Morgan fingerprint density at radius 2 is 1.89 bits per heavy atom. The van der Waals surface area contributed by atoms with Crippen molar-refractivity contribution < 1.29 is 14.6 Å². The molecule has 0 bridgehead atoms. The summed E-state index contributed by atoms with van der Waals surface area (Å²) in [5, 5.41) is 10.9. The number of phenolic OH excluding ortho intramolecular Hbond substituents is 1. The predicted molar refractivity (Wildman–Crippen MR) is 140 cm³/mol. The Balaban J connectivity index is 1.32. The summed E-state index contributed by atoms with van der Waals surface area (Å²) in [5.41, 5.74) is 3.72. The maximum Gasteiger partial charge on any atom is 0.161 e. The molecule has 1 N–H and O–H groups in total. The normalized spacial score (nSPS) is 26.0. The summed E-state index contributed by atoms with van der Waals surface area (Å²) < 4.78 is 12.0. The zero-order chi connectivity index (χ0) is 24.2. The molecule has 1 saturated heterocycles. The second kappa shape index (κ2) is 11.3. The monoisotopic (exact) mass is 478 g/mol. The van der Waals surface area contributed by atoms with E-state index in [0.717, 1.165) is 63.3 Å². The minimum atomic E-state index is 0.235. The van der Waals surface area contributed by atoms with E-state index in [4.69, 9.17) is 9.47 Å². The zero-order valence-electron chi connectivity index (χ0n) is 21.5. The molecule has 3 unspecified atom stereocenters. The van der Waals surface area contributed by atoms with Crippen molar-refractivity contribution >= 4 is 0 Å². The highest BCUT2D eigenvalue weighted by atomic mass is 16.5. The van der Waals surface area contributed by atoms with Gasteiger partial charge in [-0.1, -0.05) is 36.4 Å². The number of nitrogens with zero attached hydrogens (tertiary/aromatic N) is 2. The molecule has 1 aliphatic carbocycles. The summed E-state index contributed by atoms with van der Waals surface area (Å²) in [6, 6.07) is 15.8. The summed E-state index contributed by atoms with van der Waals surface area (Å²) in [7, 11) is 3.90. The van der Waals surface area contributed by atoms with E-state index in [2.05, 4.69) is 53.2 Å². The number of ether oxygens (including phenoxy) is 2. The molecular formula is C30H42N2O3. The minimum Gasteiger partial charge on any atom is -0.504 e. The van der Waals surface area contributed by atoms with Gasteiger partial charge >= 0.3 is 0 Å². The van der Waals surface area contributed by atoms with E-state index < -0.39 is 0 Å². The van der Waals surface area contributed by atoms with Crippen LogP contribution in [-0.2, 0) is 24.1 Å². The molecule has 2 aromatic carbocycles. The molecule has 2 aromatic rings. The molecule has 3 atom stereocenters. The molecule has 190 valence electrons. The second-order valence-corrected chi connectivity index (χ2v) is 10.9. The van der Waals surface area contributed by atoms with E-state index in [0.29, 0.717) is 23.6 Å². The Kier molecular flexibility index (Phi) is 7.96. The van der Waals surface area contributed by atoms with Crippen LogP contribution < -0.4 is 4.74 Å². The highest BCUT2D eigenvalue weighted by molar-refractivity contribution is 5.50. The van der Waals surface area contributed by atoms with Gasteiger partial charge in [0.25, 0.3) is 0 Å².